The number of carbonyl (C=O) groups excluding carboxylic acids is 1. The van der Waals surface area contributed by atoms with Crippen LogP contribution in [-0.2, 0) is 27.5 Å². The van der Waals surface area contributed by atoms with Gasteiger partial charge in [0, 0.05) is 6.42 Å². The third kappa shape index (κ3) is 5.07. The molecule has 0 spiro atoms. The zero-order valence-electron chi connectivity index (χ0n) is 11.5. The first-order valence-electron chi connectivity index (χ1n) is 6.11. The molecule has 136 valence electrons. The number of rotatable bonds is 6. The van der Waals surface area contributed by atoms with Gasteiger partial charge in [-0.1, -0.05) is 0 Å². The van der Waals surface area contributed by atoms with Gasteiger partial charge in [0.1, 0.15) is 4.84 Å². The van der Waals surface area contributed by atoms with Crippen LogP contribution >= 0.6 is 34.8 Å². The first kappa shape index (κ1) is 21.2. The predicted molar refractivity (Wildman–Crippen MR) is 76.1 cm³/mol. The lowest BCUT2D eigenvalue weighted by molar-refractivity contribution is -0.144. The van der Waals surface area contributed by atoms with Gasteiger partial charge in [-0.3, -0.25) is 4.79 Å². The molecule has 0 radical (unpaired) electrons. The van der Waals surface area contributed by atoms with Crippen molar-refractivity contribution in [1.82, 2.24) is 0 Å². The Kier molecular flexibility index (Phi) is 6.69. The summed E-state index contributed by atoms with van der Waals surface area (Å²) in [4.78, 5) is 9.43. The highest BCUT2D eigenvalue weighted by Crippen LogP contribution is 2.41. The van der Waals surface area contributed by atoms with Gasteiger partial charge in [-0.2, -0.15) is 26.3 Å². The Morgan fingerprint density at radius 2 is 1.38 bits per heavy atom. The van der Waals surface area contributed by atoms with Crippen LogP contribution in [0.25, 0.3) is 0 Å². The zero-order chi connectivity index (χ0) is 18.8. The molecular weight excluding hydrogens is 408 g/mol. The molecule has 0 heterocycles. The zero-order valence-corrected chi connectivity index (χ0v) is 13.8. The van der Waals surface area contributed by atoms with Gasteiger partial charge in [0.15, 0.2) is 5.60 Å². The molecule has 1 atom stereocenters. The second-order valence-corrected chi connectivity index (χ2v) is 6.28. The first-order valence-corrected chi connectivity index (χ1v) is 7.52. The van der Waals surface area contributed by atoms with Crippen molar-refractivity contribution in [3.05, 3.63) is 34.9 Å². The van der Waals surface area contributed by atoms with Crippen molar-refractivity contribution in [3.63, 3.8) is 0 Å². The third-order valence-corrected chi connectivity index (χ3v) is 3.83. The largest absolute Gasteiger partial charge is 0.455 e. The van der Waals surface area contributed by atoms with Crippen LogP contribution in [0.2, 0.25) is 0 Å². The van der Waals surface area contributed by atoms with Crippen LogP contribution < -0.4 is 0 Å². The molecule has 11 heteroatoms. The first-order chi connectivity index (χ1) is 10.9. The summed E-state index contributed by atoms with van der Waals surface area (Å²) < 4.78 is 82.2. The number of benzene rings is 1. The predicted octanol–water partition coefficient (Wildman–Crippen LogP) is 5.53. The van der Waals surface area contributed by atoms with Crippen molar-refractivity contribution in [2.24, 2.45) is 0 Å². The van der Waals surface area contributed by atoms with Crippen LogP contribution in [0.3, 0.4) is 0 Å². The molecule has 0 aliphatic carbocycles. The highest BCUT2D eigenvalue weighted by molar-refractivity contribution is 6.44. The Labute approximate surface area is 147 Å². The summed E-state index contributed by atoms with van der Waals surface area (Å²) in [6.45, 7) is -0.147. The molecular formula is C13H9Cl3F6O2. The number of alkyl halides is 9. The highest BCUT2D eigenvalue weighted by Gasteiger charge is 2.42. The van der Waals surface area contributed by atoms with E-state index in [1.807, 2.05) is 0 Å². The number of hydrogen-bond donors (Lipinski definition) is 0. The molecule has 0 bridgehead atoms. The molecule has 0 aliphatic rings. The van der Waals surface area contributed by atoms with Crippen molar-refractivity contribution in [1.29, 1.82) is 0 Å². The van der Waals surface area contributed by atoms with Crippen molar-refractivity contribution in [2.75, 3.05) is 5.88 Å². The van der Waals surface area contributed by atoms with E-state index in [-0.39, 0.29) is 12.5 Å². The van der Waals surface area contributed by atoms with E-state index in [1.54, 1.807) is 0 Å². The van der Waals surface area contributed by atoms with Crippen LogP contribution in [0.4, 0.5) is 26.3 Å². The molecule has 0 amide bonds. The minimum Gasteiger partial charge on any atom is -0.455 e. The lowest BCUT2D eigenvalue weighted by Gasteiger charge is -2.32. The Hall–Kier alpha value is -0.860. The number of carbonyl (C=O) groups is 1. The summed E-state index contributed by atoms with van der Waals surface area (Å²) in [6, 6.07) is 0.775. The van der Waals surface area contributed by atoms with E-state index < -0.39 is 51.8 Å². The molecule has 0 saturated heterocycles. The highest BCUT2D eigenvalue weighted by atomic mass is 35.5. The smallest absolute Gasteiger partial charge is 0.416 e. The van der Waals surface area contributed by atoms with E-state index in [0.29, 0.717) is 12.1 Å². The molecule has 24 heavy (non-hydrogen) atoms. The van der Waals surface area contributed by atoms with E-state index >= 15 is 0 Å². The van der Waals surface area contributed by atoms with Gasteiger partial charge in [-0.25, -0.2) is 0 Å². The average Bonchev–Trinajstić information content (AvgIpc) is 2.44. The average molecular weight is 418 g/mol. The summed E-state index contributed by atoms with van der Waals surface area (Å²) in [5, 5.41) is 0. The molecule has 2 nitrogen and oxygen atoms in total. The second-order valence-electron chi connectivity index (χ2n) is 4.73. The number of ether oxygens (including phenoxy) is 1. The fourth-order valence-electron chi connectivity index (χ4n) is 1.96. The van der Waals surface area contributed by atoms with Crippen molar-refractivity contribution < 1.29 is 35.9 Å². The van der Waals surface area contributed by atoms with Gasteiger partial charge >= 0.3 is 12.4 Å². The molecule has 0 fully saturated rings. The monoisotopic (exact) mass is 416 g/mol. The Bertz CT molecular complexity index is 556. The Morgan fingerprint density at radius 3 is 1.67 bits per heavy atom. The van der Waals surface area contributed by atoms with Gasteiger partial charge in [-0.15, -0.1) is 34.8 Å². The van der Waals surface area contributed by atoms with Gasteiger partial charge < -0.3 is 4.74 Å². The van der Waals surface area contributed by atoms with E-state index in [2.05, 4.69) is 0 Å². The SMILES string of the molecule is O=COC(CCl)(CC(Cl)Cl)c1cc(C(F)(F)F)cc(C(F)(F)F)c1. The summed E-state index contributed by atoms with van der Waals surface area (Å²) in [5.41, 5.74) is -5.80. The lowest BCUT2D eigenvalue weighted by Crippen LogP contribution is -2.34. The van der Waals surface area contributed by atoms with Crippen molar-refractivity contribution in [3.8, 4) is 0 Å². The number of hydrogen-bond acceptors (Lipinski definition) is 2. The third-order valence-electron chi connectivity index (χ3n) is 3.09. The fraction of sp³-hybridized carbons (Fsp3) is 0.462. The van der Waals surface area contributed by atoms with Gasteiger partial charge in [-0.05, 0) is 23.8 Å². The quantitative estimate of drug-likeness (QED) is 0.346. The van der Waals surface area contributed by atoms with Crippen LogP contribution in [-0.4, -0.2) is 17.2 Å². The summed E-state index contributed by atoms with van der Waals surface area (Å²) >= 11 is 16.8. The lowest BCUT2D eigenvalue weighted by atomic mass is 9.89. The van der Waals surface area contributed by atoms with Crippen LogP contribution in [0, 0.1) is 0 Å². The van der Waals surface area contributed by atoms with E-state index in [9.17, 15) is 31.1 Å². The van der Waals surface area contributed by atoms with Crippen LogP contribution in [0.15, 0.2) is 18.2 Å². The molecule has 0 N–H and O–H groups in total. The minimum atomic E-state index is -5.06. The van der Waals surface area contributed by atoms with Gasteiger partial charge in [0.25, 0.3) is 6.47 Å². The molecule has 0 aliphatic heterocycles. The molecule has 0 aromatic heterocycles. The van der Waals surface area contributed by atoms with Crippen LogP contribution in [0.1, 0.15) is 23.1 Å². The Morgan fingerprint density at radius 1 is 0.958 bits per heavy atom. The Balaban J connectivity index is 3.66. The van der Waals surface area contributed by atoms with Gasteiger partial charge in [0.05, 0.1) is 17.0 Å². The maximum atomic E-state index is 12.9. The standard InChI is InChI=1S/C13H9Cl3F6O2/c14-5-11(24-6-23,4-10(15)16)7-1-8(12(17,18)19)3-9(2-7)13(20,21)22/h1-3,6,10H,4-5H2. The minimum absolute atomic E-state index is 0.0533. The summed E-state index contributed by atoms with van der Waals surface area (Å²) in [7, 11) is 0. The topological polar surface area (TPSA) is 26.3 Å². The summed E-state index contributed by atoms with van der Waals surface area (Å²) in [5.74, 6) is -0.652. The van der Waals surface area contributed by atoms with E-state index in [4.69, 9.17) is 39.5 Å². The normalized spacial score (nSPS) is 15.2. The van der Waals surface area contributed by atoms with E-state index in [0.717, 1.165) is 0 Å². The molecule has 1 unspecified atom stereocenters. The number of halogens is 9. The fourth-order valence-corrected chi connectivity index (χ4v) is 2.78. The summed E-state index contributed by atoms with van der Waals surface area (Å²) in [6.07, 6.45) is -10.6. The van der Waals surface area contributed by atoms with Crippen molar-refractivity contribution >= 4 is 41.3 Å². The maximum absolute atomic E-state index is 12.9. The van der Waals surface area contributed by atoms with Crippen LogP contribution in [0.5, 0.6) is 0 Å². The second kappa shape index (κ2) is 7.58. The molecule has 1 aromatic rings. The molecule has 0 saturated carbocycles. The van der Waals surface area contributed by atoms with Crippen molar-refractivity contribution in [2.45, 2.75) is 29.2 Å². The van der Waals surface area contributed by atoms with E-state index in [1.165, 1.54) is 0 Å². The molecule has 1 rings (SSSR count). The molecule has 1 aromatic carbocycles. The maximum Gasteiger partial charge on any atom is 0.416 e. The van der Waals surface area contributed by atoms with Gasteiger partial charge in [0.2, 0.25) is 0 Å².